The van der Waals surface area contributed by atoms with Crippen LogP contribution in [0, 0.1) is 5.82 Å². The zero-order chi connectivity index (χ0) is 21.9. The Hall–Kier alpha value is -3.57. The first-order chi connectivity index (χ1) is 15.7. The summed E-state index contributed by atoms with van der Waals surface area (Å²) in [5.41, 5.74) is 5.49. The molecule has 160 valence electrons. The summed E-state index contributed by atoms with van der Waals surface area (Å²) in [6.45, 7) is 1.34. The standard InChI is InChI=1S/C27H24FN3O/c28-25-9-5-4-8-23(25)26-24(18-29-30-26)27(31-16-14-22(32)15-17-31)21-12-10-20(11-13-21)19-6-2-1-3-7-19/h1-13,18,27H,14-17H2,(H,29,30). The van der Waals surface area contributed by atoms with Crippen LogP contribution in [0.4, 0.5) is 4.39 Å². The molecule has 32 heavy (non-hydrogen) atoms. The van der Waals surface area contributed by atoms with Crippen molar-refractivity contribution in [3.05, 3.63) is 102 Å². The van der Waals surface area contributed by atoms with Crippen LogP contribution in [0.15, 0.2) is 85.1 Å². The van der Waals surface area contributed by atoms with Crippen LogP contribution < -0.4 is 0 Å². The van der Waals surface area contributed by atoms with E-state index >= 15 is 0 Å². The number of nitrogens with one attached hydrogen (secondary N) is 1. The first kappa shape index (κ1) is 20.3. The van der Waals surface area contributed by atoms with Crippen LogP contribution in [0.1, 0.15) is 30.0 Å². The molecule has 0 saturated carbocycles. The number of ketones is 1. The van der Waals surface area contributed by atoms with Crippen molar-refractivity contribution in [2.45, 2.75) is 18.9 Å². The number of carbonyl (C=O) groups is 1. The van der Waals surface area contributed by atoms with Crippen LogP contribution in [-0.2, 0) is 4.79 Å². The molecule has 1 saturated heterocycles. The van der Waals surface area contributed by atoms with Gasteiger partial charge in [-0.15, -0.1) is 0 Å². The number of benzene rings is 3. The summed E-state index contributed by atoms with van der Waals surface area (Å²) in [4.78, 5) is 14.2. The number of nitrogens with zero attached hydrogens (tertiary/aromatic N) is 2. The fourth-order valence-electron chi connectivity index (χ4n) is 4.49. The van der Waals surface area contributed by atoms with Gasteiger partial charge in [0.1, 0.15) is 11.6 Å². The quantitative estimate of drug-likeness (QED) is 0.450. The molecule has 1 atom stereocenters. The lowest BCUT2D eigenvalue weighted by Crippen LogP contribution is -2.37. The molecular weight excluding hydrogens is 401 g/mol. The third-order valence-corrected chi connectivity index (χ3v) is 6.16. The fourth-order valence-corrected chi connectivity index (χ4v) is 4.49. The van der Waals surface area contributed by atoms with Gasteiger partial charge in [0, 0.05) is 37.1 Å². The highest BCUT2D eigenvalue weighted by atomic mass is 19.1. The van der Waals surface area contributed by atoms with Gasteiger partial charge in [-0.2, -0.15) is 5.10 Å². The van der Waals surface area contributed by atoms with Crippen molar-refractivity contribution in [1.82, 2.24) is 15.1 Å². The van der Waals surface area contributed by atoms with Gasteiger partial charge in [0.05, 0.1) is 17.9 Å². The van der Waals surface area contributed by atoms with Gasteiger partial charge in [-0.1, -0.05) is 66.7 Å². The molecule has 1 aliphatic heterocycles. The van der Waals surface area contributed by atoms with E-state index < -0.39 is 0 Å². The molecule has 5 rings (SSSR count). The predicted octanol–water partition coefficient (Wildman–Crippen LogP) is 5.64. The van der Waals surface area contributed by atoms with Crippen molar-refractivity contribution >= 4 is 5.78 Å². The Morgan fingerprint density at radius 1 is 0.844 bits per heavy atom. The molecule has 0 amide bonds. The maximum absolute atomic E-state index is 14.6. The molecule has 0 bridgehead atoms. The van der Waals surface area contributed by atoms with E-state index in [2.05, 4.69) is 51.5 Å². The van der Waals surface area contributed by atoms with E-state index in [4.69, 9.17) is 0 Å². The molecule has 4 aromatic rings. The number of H-pyrrole nitrogens is 1. The average Bonchev–Trinajstić information content (AvgIpc) is 3.31. The highest BCUT2D eigenvalue weighted by Gasteiger charge is 2.30. The van der Waals surface area contributed by atoms with E-state index in [1.54, 1.807) is 18.3 Å². The number of hydrogen-bond acceptors (Lipinski definition) is 3. The van der Waals surface area contributed by atoms with Gasteiger partial charge in [-0.05, 0) is 28.8 Å². The lowest BCUT2D eigenvalue weighted by atomic mass is 9.92. The summed E-state index contributed by atoms with van der Waals surface area (Å²) >= 11 is 0. The topological polar surface area (TPSA) is 49.0 Å². The van der Waals surface area contributed by atoms with Gasteiger partial charge in [0.15, 0.2) is 0 Å². The molecule has 1 fully saturated rings. The Labute approximate surface area is 186 Å². The zero-order valence-electron chi connectivity index (χ0n) is 17.7. The minimum absolute atomic E-state index is 0.124. The molecule has 1 unspecified atom stereocenters. The predicted molar refractivity (Wildman–Crippen MR) is 124 cm³/mol. The Bertz CT molecular complexity index is 1210. The van der Waals surface area contributed by atoms with Crippen LogP contribution in [0.5, 0.6) is 0 Å². The van der Waals surface area contributed by atoms with E-state index in [-0.39, 0.29) is 11.9 Å². The average molecular weight is 426 g/mol. The number of halogens is 1. The molecule has 0 radical (unpaired) electrons. The minimum atomic E-state index is -0.287. The number of aromatic amines is 1. The van der Waals surface area contributed by atoms with Gasteiger partial charge in [-0.25, -0.2) is 4.39 Å². The first-order valence-corrected chi connectivity index (χ1v) is 10.9. The van der Waals surface area contributed by atoms with E-state index in [0.717, 1.165) is 22.3 Å². The highest BCUT2D eigenvalue weighted by Crippen LogP contribution is 2.37. The van der Waals surface area contributed by atoms with Crippen LogP contribution in [0.25, 0.3) is 22.4 Å². The maximum Gasteiger partial charge on any atom is 0.135 e. The largest absolute Gasteiger partial charge is 0.300 e. The highest BCUT2D eigenvalue weighted by molar-refractivity contribution is 5.79. The second-order valence-electron chi connectivity index (χ2n) is 8.15. The monoisotopic (exact) mass is 425 g/mol. The van der Waals surface area contributed by atoms with E-state index in [0.29, 0.717) is 43.0 Å². The Morgan fingerprint density at radius 2 is 1.50 bits per heavy atom. The second kappa shape index (κ2) is 8.89. The molecule has 1 N–H and O–H groups in total. The molecule has 0 spiro atoms. The van der Waals surface area contributed by atoms with Crippen molar-refractivity contribution in [3.8, 4) is 22.4 Å². The number of aromatic nitrogens is 2. The normalized spacial score (nSPS) is 15.6. The molecular formula is C27H24FN3O. The fraction of sp³-hybridized carbons (Fsp3) is 0.185. The van der Waals surface area contributed by atoms with Crippen molar-refractivity contribution < 1.29 is 9.18 Å². The Balaban J connectivity index is 1.57. The van der Waals surface area contributed by atoms with Gasteiger partial charge in [0.25, 0.3) is 0 Å². The summed E-state index contributed by atoms with van der Waals surface area (Å²) in [6, 6.07) is 25.4. The summed E-state index contributed by atoms with van der Waals surface area (Å²) in [5.74, 6) is 0.00550. The van der Waals surface area contributed by atoms with Crippen molar-refractivity contribution in [3.63, 3.8) is 0 Å². The number of Topliss-reactive ketones (excluding diaryl/α,β-unsaturated/α-hetero) is 1. The van der Waals surface area contributed by atoms with Gasteiger partial charge in [-0.3, -0.25) is 14.8 Å². The zero-order valence-corrected chi connectivity index (χ0v) is 17.7. The first-order valence-electron chi connectivity index (χ1n) is 10.9. The van der Waals surface area contributed by atoms with Gasteiger partial charge < -0.3 is 0 Å². The maximum atomic E-state index is 14.6. The van der Waals surface area contributed by atoms with Crippen LogP contribution in [0.2, 0.25) is 0 Å². The molecule has 5 heteroatoms. The SMILES string of the molecule is O=C1CCN(C(c2ccc(-c3ccccc3)cc2)c2cn[nH]c2-c2ccccc2F)CC1. The van der Waals surface area contributed by atoms with Gasteiger partial charge >= 0.3 is 0 Å². The summed E-state index contributed by atoms with van der Waals surface area (Å²) in [7, 11) is 0. The lowest BCUT2D eigenvalue weighted by molar-refractivity contribution is -0.121. The number of hydrogen-bond donors (Lipinski definition) is 1. The van der Waals surface area contributed by atoms with Crippen molar-refractivity contribution in [2.75, 3.05) is 13.1 Å². The Kier molecular flexibility index (Phi) is 5.65. The third kappa shape index (κ3) is 3.99. The van der Waals surface area contributed by atoms with Crippen molar-refractivity contribution in [2.24, 2.45) is 0 Å². The van der Waals surface area contributed by atoms with E-state index in [1.165, 1.54) is 6.07 Å². The molecule has 1 aliphatic rings. The number of carbonyl (C=O) groups excluding carboxylic acids is 1. The number of likely N-dealkylation sites (tertiary alicyclic amines) is 1. The van der Waals surface area contributed by atoms with Crippen LogP contribution in [-0.4, -0.2) is 34.0 Å². The summed E-state index contributed by atoms with van der Waals surface area (Å²) < 4.78 is 14.6. The Morgan fingerprint density at radius 3 is 2.22 bits per heavy atom. The molecule has 2 heterocycles. The van der Waals surface area contributed by atoms with Crippen LogP contribution >= 0.6 is 0 Å². The molecule has 0 aliphatic carbocycles. The molecule has 1 aromatic heterocycles. The lowest BCUT2D eigenvalue weighted by Gasteiger charge is -2.34. The number of piperidine rings is 1. The third-order valence-electron chi connectivity index (χ3n) is 6.16. The molecule has 3 aromatic carbocycles. The number of rotatable bonds is 5. The smallest absolute Gasteiger partial charge is 0.135 e. The second-order valence-corrected chi connectivity index (χ2v) is 8.15. The van der Waals surface area contributed by atoms with Crippen LogP contribution in [0.3, 0.4) is 0 Å². The van der Waals surface area contributed by atoms with Gasteiger partial charge in [0.2, 0.25) is 0 Å². The van der Waals surface area contributed by atoms with E-state index in [1.807, 2.05) is 24.3 Å². The molecule has 4 nitrogen and oxygen atoms in total. The minimum Gasteiger partial charge on any atom is -0.300 e. The summed E-state index contributed by atoms with van der Waals surface area (Å²) in [5, 5.41) is 7.29. The van der Waals surface area contributed by atoms with E-state index in [9.17, 15) is 9.18 Å². The van der Waals surface area contributed by atoms with Crippen molar-refractivity contribution in [1.29, 1.82) is 0 Å². The summed E-state index contributed by atoms with van der Waals surface area (Å²) in [6.07, 6.45) is 2.85.